The van der Waals surface area contributed by atoms with Gasteiger partial charge in [0.2, 0.25) is 0 Å². The van der Waals surface area contributed by atoms with E-state index in [1.54, 1.807) is 4.68 Å². The van der Waals surface area contributed by atoms with Gasteiger partial charge in [0.05, 0.1) is 5.69 Å². The molecule has 1 aromatic heterocycles. The zero-order chi connectivity index (χ0) is 12.7. The van der Waals surface area contributed by atoms with Crippen LogP contribution in [0.4, 0.5) is 5.82 Å². The number of halogens is 1. The topological polar surface area (TPSA) is 43.8 Å². The monoisotopic (exact) mass is 261 g/mol. The first-order valence-electron chi connectivity index (χ1n) is 6.22. The maximum Gasteiger partial charge on any atom is 0.129 e. The quantitative estimate of drug-likeness (QED) is 0.922. The first-order chi connectivity index (χ1) is 8.65. The summed E-state index contributed by atoms with van der Waals surface area (Å²) >= 11 is 6.06. The van der Waals surface area contributed by atoms with Gasteiger partial charge in [-0.2, -0.15) is 5.10 Å². The van der Waals surface area contributed by atoms with E-state index in [-0.39, 0.29) is 0 Å². The van der Waals surface area contributed by atoms with Crippen LogP contribution < -0.4 is 5.73 Å². The Labute approximate surface area is 112 Å². The van der Waals surface area contributed by atoms with Gasteiger partial charge in [0.25, 0.3) is 0 Å². The molecule has 4 heteroatoms. The molecule has 2 aromatic rings. The van der Waals surface area contributed by atoms with Gasteiger partial charge in [-0.25, -0.2) is 0 Å². The minimum Gasteiger partial charge on any atom is -0.383 e. The highest BCUT2D eigenvalue weighted by Gasteiger charge is 2.26. The molecule has 1 heterocycles. The van der Waals surface area contributed by atoms with Crippen LogP contribution in [0.2, 0.25) is 5.02 Å². The third kappa shape index (κ3) is 2.10. The lowest BCUT2D eigenvalue weighted by Crippen LogP contribution is -1.98. The first kappa shape index (κ1) is 11.6. The van der Waals surface area contributed by atoms with Crippen molar-refractivity contribution in [2.24, 2.45) is 13.0 Å². The maximum atomic E-state index is 6.14. The van der Waals surface area contributed by atoms with Gasteiger partial charge < -0.3 is 5.73 Å². The van der Waals surface area contributed by atoms with Crippen LogP contribution in [0.1, 0.15) is 18.5 Å². The molecular formula is C14H16ClN3. The van der Waals surface area contributed by atoms with Crippen LogP contribution in [0.15, 0.2) is 24.3 Å². The van der Waals surface area contributed by atoms with Gasteiger partial charge in [-0.3, -0.25) is 4.68 Å². The molecule has 0 aliphatic heterocycles. The lowest BCUT2D eigenvalue weighted by Gasteiger charge is -2.04. The fraction of sp³-hybridized carbons (Fsp3) is 0.357. The second-order valence-electron chi connectivity index (χ2n) is 4.99. The molecule has 0 unspecified atom stereocenters. The lowest BCUT2D eigenvalue weighted by molar-refractivity contribution is 0.722. The Morgan fingerprint density at radius 3 is 2.89 bits per heavy atom. The Bertz CT molecular complexity index is 585. The molecular weight excluding hydrogens is 246 g/mol. The predicted octanol–water partition coefficient (Wildman–Crippen LogP) is 3.28. The van der Waals surface area contributed by atoms with Crippen LogP contribution in [0.3, 0.4) is 0 Å². The van der Waals surface area contributed by atoms with Crippen LogP contribution in [0, 0.1) is 5.92 Å². The van der Waals surface area contributed by atoms with Crippen molar-refractivity contribution in [2.75, 3.05) is 5.73 Å². The van der Waals surface area contributed by atoms with Crippen LogP contribution in [0.5, 0.6) is 0 Å². The second kappa shape index (κ2) is 4.32. The van der Waals surface area contributed by atoms with Gasteiger partial charge in [0.1, 0.15) is 5.82 Å². The van der Waals surface area contributed by atoms with Gasteiger partial charge in [0.15, 0.2) is 0 Å². The molecule has 1 saturated carbocycles. The number of benzene rings is 1. The minimum atomic E-state index is 0.716. The summed E-state index contributed by atoms with van der Waals surface area (Å²) in [4.78, 5) is 0. The fourth-order valence-corrected chi connectivity index (χ4v) is 2.48. The van der Waals surface area contributed by atoms with Crippen molar-refractivity contribution in [3.63, 3.8) is 0 Å². The van der Waals surface area contributed by atoms with Crippen LogP contribution in [0.25, 0.3) is 11.1 Å². The van der Waals surface area contributed by atoms with Crippen molar-refractivity contribution >= 4 is 17.4 Å². The van der Waals surface area contributed by atoms with Crippen molar-refractivity contribution in [3.05, 3.63) is 35.0 Å². The number of rotatable bonds is 3. The van der Waals surface area contributed by atoms with E-state index in [0.29, 0.717) is 5.82 Å². The molecule has 3 nitrogen and oxygen atoms in total. The number of nitrogen functional groups attached to an aromatic ring is 1. The van der Waals surface area contributed by atoms with E-state index < -0.39 is 0 Å². The summed E-state index contributed by atoms with van der Waals surface area (Å²) in [5.74, 6) is 1.50. The number of aromatic nitrogens is 2. The van der Waals surface area contributed by atoms with E-state index in [2.05, 4.69) is 5.10 Å². The second-order valence-corrected chi connectivity index (χ2v) is 5.42. The molecule has 0 radical (unpaired) electrons. The Morgan fingerprint density at radius 1 is 1.44 bits per heavy atom. The molecule has 1 fully saturated rings. The summed E-state index contributed by atoms with van der Waals surface area (Å²) in [6, 6.07) is 7.81. The standard InChI is InChI=1S/C14H16ClN3/c1-18-14(16)13(10-3-2-4-11(15)8-10)12(17-18)7-9-5-6-9/h2-4,8-9H,5-7,16H2,1H3. The van der Waals surface area contributed by atoms with Crippen LogP contribution >= 0.6 is 11.6 Å². The maximum absolute atomic E-state index is 6.14. The zero-order valence-electron chi connectivity index (χ0n) is 10.4. The summed E-state index contributed by atoms with van der Waals surface area (Å²) in [5, 5.41) is 5.27. The molecule has 1 aliphatic rings. The van der Waals surface area contributed by atoms with Crippen LogP contribution in [-0.2, 0) is 13.5 Å². The number of anilines is 1. The average Bonchev–Trinajstić information content (AvgIpc) is 3.08. The van der Waals surface area contributed by atoms with Gasteiger partial charge in [-0.15, -0.1) is 0 Å². The fourth-order valence-electron chi connectivity index (χ4n) is 2.29. The van der Waals surface area contributed by atoms with E-state index in [0.717, 1.165) is 34.2 Å². The average molecular weight is 262 g/mol. The van der Waals surface area contributed by atoms with Gasteiger partial charge in [0, 0.05) is 17.6 Å². The molecule has 1 aromatic carbocycles. The highest BCUT2D eigenvalue weighted by Crippen LogP contribution is 2.37. The lowest BCUT2D eigenvalue weighted by atomic mass is 10.0. The van der Waals surface area contributed by atoms with Crippen molar-refractivity contribution in [2.45, 2.75) is 19.3 Å². The van der Waals surface area contributed by atoms with Gasteiger partial charge >= 0.3 is 0 Å². The molecule has 0 saturated heterocycles. The highest BCUT2D eigenvalue weighted by atomic mass is 35.5. The molecule has 0 amide bonds. The highest BCUT2D eigenvalue weighted by molar-refractivity contribution is 6.30. The summed E-state index contributed by atoms with van der Waals surface area (Å²) in [6.45, 7) is 0. The minimum absolute atomic E-state index is 0.716. The number of hydrogen-bond acceptors (Lipinski definition) is 2. The van der Waals surface area contributed by atoms with E-state index in [1.807, 2.05) is 31.3 Å². The van der Waals surface area contributed by atoms with Gasteiger partial charge in [-0.05, 0) is 42.9 Å². The van der Waals surface area contributed by atoms with Crippen molar-refractivity contribution in [1.82, 2.24) is 9.78 Å². The SMILES string of the molecule is Cn1nc(CC2CC2)c(-c2cccc(Cl)c2)c1N. The zero-order valence-corrected chi connectivity index (χ0v) is 11.1. The van der Waals surface area contributed by atoms with E-state index in [4.69, 9.17) is 17.3 Å². The molecule has 0 bridgehead atoms. The molecule has 1 aliphatic carbocycles. The number of aryl methyl sites for hydroxylation is 1. The summed E-state index contributed by atoms with van der Waals surface area (Å²) in [7, 11) is 1.89. The predicted molar refractivity (Wildman–Crippen MR) is 74.5 cm³/mol. The molecule has 0 spiro atoms. The van der Waals surface area contributed by atoms with Crippen molar-refractivity contribution in [3.8, 4) is 11.1 Å². The largest absolute Gasteiger partial charge is 0.383 e. The van der Waals surface area contributed by atoms with Crippen molar-refractivity contribution in [1.29, 1.82) is 0 Å². The van der Waals surface area contributed by atoms with Crippen molar-refractivity contribution < 1.29 is 0 Å². The molecule has 18 heavy (non-hydrogen) atoms. The smallest absolute Gasteiger partial charge is 0.129 e. The van der Waals surface area contributed by atoms with E-state index >= 15 is 0 Å². The number of hydrogen-bond donors (Lipinski definition) is 1. The van der Waals surface area contributed by atoms with Gasteiger partial charge in [-0.1, -0.05) is 23.7 Å². The summed E-state index contributed by atoms with van der Waals surface area (Å²) in [5.41, 5.74) is 9.34. The molecule has 3 rings (SSSR count). The Hall–Kier alpha value is -1.48. The van der Waals surface area contributed by atoms with Crippen LogP contribution in [-0.4, -0.2) is 9.78 Å². The third-order valence-corrected chi connectivity index (χ3v) is 3.69. The Morgan fingerprint density at radius 2 is 2.22 bits per heavy atom. The van der Waals surface area contributed by atoms with E-state index in [9.17, 15) is 0 Å². The summed E-state index contributed by atoms with van der Waals surface area (Å²) < 4.78 is 1.76. The number of nitrogens with zero attached hydrogens (tertiary/aromatic N) is 2. The molecule has 94 valence electrons. The van der Waals surface area contributed by atoms with E-state index in [1.165, 1.54) is 12.8 Å². The summed E-state index contributed by atoms with van der Waals surface area (Å²) in [6.07, 6.45) is 3.64. The number of nitrogens with two attached hydrogens (primary N) is 1. The normalized spacial score (nSPS) is 15.0. The Kier molecular flexibility index (Phi) is 2.78. The Balaban J connectivity index is 2.08. The first-order valence-corrected chi connectivity index (χ1v) is 6.60. The third-order valence-electron chi connectivity index (χ3n) is 3.46. The molecule has 0 atom stereocenters. The molecule has 2 N–H and O–H groups in total.